The first-order chi connectivity index (χ1) is 8.13. The lowest BCUT2D eigenvalue weighted by atomic mass is 10.2. The maximum Gasteiger partial charge on any atom is 0.417 e. The highest BCUT2D eigenvalue weighted by atomic mass is 16.4. The molecule has 0 aliphatic carbocycles. The quantitative estimate of drug-likeness (QED) is 0.819. The molecule has 0 spiro atoms. The van der Waals surface area contributed by atoms with Crippen LogP contribution in [0.2, 0.25) is 0 Å². The zero-order chi connectivity index (χ0) is 12.4. The normalized spacial score (nSPS) is 10.4. The van der Waals surface area contributed by atoms with Gasteiger partial charge in [0.2, 0.25) is 0 Å². The molecular weight excluding hydrogens is 222 g/mol. The fourth-order valence-corrected chi connectivity index (χ4v) is 1.57. The Morgan fingerprint density at radius 3 is 2.88 bits per heavy atom. The van der Waals surface area contributed by atoms with Crippen LogP contribution in [0.1, 0.15) is 17.3 Å². The Kier molecular flexibility index (Phi) is 2.78. The number of nitrogens with zero attached hydrogens (tertiary/aromatic N) is 2. The number of nitrogens with one attached hydrogen (secondary N) is 1. The van der Waals surface area contributed by atoms with Crippen molar-refractivity contribution in [1.29, 1.82) is 0 Å². The minimum atomic E-state index is -1.10. The Hall–Kier alpha value is -2.37. The van der Waals surface area contributed by atoms with Gasteiger partial charge in [-0.15, -0.1) is 0 Å². The van der Waals surface area contributed by atoms with Crippen molar-refractivity contribution in [2.45, 2.75) is 6.92 Å². The van der Waals surface area contributed by atoms with Crippen LogP contribution < -0.4 is 5.32 Å². The van der Waals surface area contributed by atoms with E-state index in [0.29, 0.717) is 23.1 Å². The average molecular weight is 233 g/mol. The van der Waals surface area contributed by atoms with Gasteiger partial charge in [-0.25, -0.2) is 14.3 Å². The van der Waals surface area contributed by atoms with Crippen LogP contribution in [0.4, 0.5) is 4.79 Å². The van der Waals surface area contributed by atoms with Crippen LogP contribution in [0, 0.1) is 0 Å². The number of hydrogen-bond donors (Lipinski definition) is 2. The summed E-state index contributed by atoms with van der Waals surface area (Å²) in [5, 5.41) is 11.5. The molecule has 0 fully saturated rings. The predicted octanol–water partition coefficient (Wildman–Crippen LogP) is 1.31. The maximum absolute atomic E-state index is 11.6. The third-order valence-electron chi connectivity index (χ3n) is 2.35. The Labute approximate surface area is 96.9 Å². The van der Waals surface area contributed by atoms with E-state index in [1.165, 1.54) is 6.33 Å². The van der Waals surface area contributed by atoms with E-state index in [4.69, 9.17) is 5.11 Å². The van der Waals surface area contributed by atoms with E-state index < -0.39 is 6.09 Å². The zero-order valence-electron chi connectivity index (χ0n) is 9.17. The molecule has 2 N–H and O–H groups in total. The molecule has 17 heavy (non-hydrogen) atoms. The molecule has 0 unspecified atom stereocenters. The van der Waals surface area contributed by atoms with Gasteiger partial charge in [0.05, 0.1) is 11.0 Å². The van der Waals surface area contributed by atoms with Crippen LogP contribution in [0.15, 0.2) is 24.5 Å². The van der Waals surface area contributed by atoms with Gasteiger partial charge in [-0.2, -0.15) is 0 Å². The van der Waals surface area contributed by atoms with Gasteiger partial charge in [0.1, 0.15) is 6.33 Å². The van der Waals surface area contributed by atoms with Crippen molar-refractivity contribution in [3.63, 3.8) is 0 Å². The Bertz CT molecular complexity index is 589. The minimum Gasteiger partial charge on any atom is -0.464 e. The van der Waals surface area contributed by atoms with E-state index in [1.54, 1.807) is 18.2 Å². The Morgan fingerprint density at radius 2 is 2.24 bits per heavy atom. The second-order valence-corrected chi connectivity index (χ2v) is 3.46. The second-order valence-electron chi connectivity index (χ2n) is 3.46. The van der Waals surface area contributed by atoms with Crippen molar-refractivity contribution in [3.8, 4) is 0 Å². The van der Waals surface area contributed by atoms with Crippen molar-refractivity contribution in [3.05, 3.63) is 30.1 Å². The van der Waals surface area contributed by atoms with Gasteiger partial charge in [0.15, 0.2) is 0 Å². The molecule has 0 aliphatic heterocycles. The van der Waals surface area contributed by atoms with Crippen molar-refractivity contribution in [2.24, 2.45) is 0 Å². The molecule has 1 aromatic heterocycles. The number of fused-ring (bicyclic) bond motifs is 1. The van der Waals surface area contributed by atoms with E-state index in [1.807, 2.05) is 6.92 Å². The summed E-state index contributed by atoms with van der Waals surface area (Å²) in [5.41, 5.74) is 1.41. The summed E-state index contributed by atoms with van der Waals surface area (Å²) < 4.78 is 1.01. The summed E-state index contributed by atoms with van der Waals surface area (Å²) >= 11 is 0. The first kappa shape index (κ1) is 11.1. The second kappa shape index (κ2) is 4.25. The standard InChI is InChI=1S/C11H11N3O3/c1-2-12-10(15)7-3-4-9-8(5-7)13-6-14(9)11(16)17/h3-6H,2H2,1H3,(H,12,15)(H,16,17). The van der Waals surface area contributed by atoms with Crippen LogP contribution in [-0.4, -0.2) is 33.2 Å². The number of benzene rings is 1. The first-order valence-corrected chi connectivity index (χ1v) is 5.12. The highest BCUT2D eigenvalue weighted by Crippen LogP contribution is 2.14. The van der Waals surface area contributed by atoms with Crippen molar-refractivity contribution in [1.82, 2.24) is 14.9 Å². The van der Waals surface area contributed by atoms with Crippen molar-refractivity contribution in [2.75, 3.05) is 6.54 Å². The van der Waals surface area contributed by atoms with E-state index >= 15 is 0 Å². The van der Waals surface area contributed by atoms with Crippen LogP contribution in [0.3, 0.4) is 0 Å². The van der Waals surface area contributed by atoms with Gasteiger partial charge in [0.25, 0.3) is 5.91 Å². The summed E-state index contributed by atoms with van der Waals surface area (Å²) in [6.07, 6.45) is 0.118. The third kappa shape index (κ3) is 1.96. The molecule has 88 valence electrons. The fourth-order valence-electron chi connectivity index (χ4n) is 1.57. The van der Waals surface area contributed by atoms with Gasteiger partial charge >= 0.3 is 6.09 Å². The van der Waals surface area contributed by atoms with Crippen LogP contribution in [-0.2, 0) is 0 Å². The summed E-state index contributed by atoms with van der Waals surface area (Å²) in [4.78, 5) is 26.4. The summed E-state index contributed by atoms with van der Waals surface area (Å²) in [5.74, 6) is -0.195. The molecule has 0 radical (unpaired) electrons. The molecular formula is C11H11N3O3. The van der Waals surface area contributed by atoms with Gasteiger partial charge in [-0.3, -0.25) is 4.79 Å². The van der Waals surface area contributed by atoms with Gasteiger partial charge in [-0.1, -0.05) is 0 Å². The summed E-state index contributed by atoms with van der Waals surface area (Å²) in [6.45, 7) is 2.37. The number of rotatable bonds is 2. The SMILES string of the molecule is CCNC(=O)c1ccc2c(c1)ncn2C(=O)O. The van der Waals surface area contributed by atoms with Crippen molar-refractivity contribution < 1.29 is 14.7 Å². The number of aromatic nitrogens is 2. The lowest BCUT2D eigenvalue weighted by Crippen LogP contribution is -2.22. The van der Waals surface area contributed by atoms with E-state index in [9.17, 15) is 9.59 Å². The molecule has 1 heterocycles. The maximum atomic E-state index is 11.6. The van der Waals surface area contributed by atoms with Gasteiger partial charge in [0, 0.05) is 12.1 Å². The lowest BCUT2D eigenvalue weighted by molar-refractivity contribution is 0.0956. The zero-order valence-corrected chi connectivity index (χ0v) is 9.17. The highest BCUT2D eigenvalue weighted by molar-refractivity contribution is 5.98. The van der Waals surface area contributed by atoms with Crippen LogP contribution in [0.25, 0.3) is 11.0 Å². The molecule has 0 aliphatic rings. The average Bonchev–Trinajstić information content (AvgIpc) is 2.71. The number of carbonyl (C=O) groups excluding carboxylic acids is 1. The summed E-state index contributed by atoms with van der Waals surface area (Å²) in [6, 6.07) is 4.72. The first-order valence-electron chi connectivity index (χ1n) is 5.12. The number of carbonyl (C=O) groups is 2. The van der Waals surface area contributed by atoms with Crippen molar-refractivity contribution >= 4 is 23.0 Å². The third-order valence-corrected chi connectivity index (χ3v) is 2.35. The number of carboxylic acid groups (broad SMARTS) is 1. The number of amides is 1. The predicted molar refractivity (Wildman–Crippen MR) is 61.2 cm³/mol. The summed E-state index contributed by atoms with van der Waals surface area (Å²) in [7, 11) is 0. The molecule has 0 bridgehead atoms. The largest absolute Gasteiger partial charge is 0.464 e. The number of hydrogen-bond acceptors (Lipinski definition) is 3. The van der Waals surface area contributed by atoms with Crippen LogP contribution >= 0.6 is 0 Å². The topological polar surface area (TPSA) is 84.2 Å². The number of imidazole rings is 1. The molecule has 2 aromatic rings. The van der Waals surface area contributed by atoms with Gasteiger partial charge < -0.3 is 10.4 Å². The van der Waals surface area contributed by atoms with Crippen LogP contribution in [0.5, 0.6) is 0 Å². The smallest absolute Gasteiger partial charge is 0.417 e. The monoisotopic (exact) mass is 233 g/mol. The lowest BCUT2D eigenvalue weighted by Gasteiger charge is -2.02. The van der Waals surface area contributed by atoms with E-state index in [0.717, 1.165) is 4.57 Å². The highest BCUT2D eigenvalue weighted by Gasteiger charge is 2.11. The molecule has 0 saturated heterocycles. The molecule has 1 aromatic carbocycles. The Balaban J connectivity index is 2.46. The fraction of sp³-hybridized carbons (Fsp3) is 0.182. The van der Waals surface area contributed by atoms with E-state index in [2.05, 4.69) is 10.3 Å². The minimum absolute atomic E-state index is 0.195. The molecule has 0 saturated carbocycles. The molecule has 1 amide bonds. The molecule has 2 rings (SSSR count). The molecule has 6 nitrogen and oxygen atoms in total. The molecule has 0 atom stereocenters. The van der Waals surface area contributed by atoms with E-state index in [-0.39, 0.29) is 5.91 Å². The Morgan fingerprint density at radius 1 is 1.47 bits per heavy atom. The molecule has 6 heteroatoms. The van der Waals surface area contributed by atoms with Gasteiger partial charge in [-0.05, 0) is 25.1 Å².